The van der Waals surface area contributed by atoms with Gasteiger partial charge in [0.2, 0.25) is 0 Å². The van der Waals surface area contributed by atoms with Gasteiger partial charge in [-0.2, -0.15) is 0 Å². The monoisotopic (exact) mass is 447 g/mol. The number of aliphatic hydroxyl groups is 1. The van der Waals surface area contributed by atoms with Crippen LogP contribution in [-0.4, -0.2) is 34.9 Å². The lowest BCUT2D eigenvalue weighted by molar-refractivity contribution is -0.140. The number of ketones is 1. The van der Waals surface area contributed by atoms with Crippen molar-refractivity contribution >= 4 is 17.4 Å². The average molecular weight is 447 g/mol. The van der Waals surface area contributed by atoms with Crippen LogP contribution in [0, 0.1) is 0 Å². The number of carbonyl (C=O) groups excluding carboxylic acids is 2. The summed E-state index contributed by atoms with van der Waals surface area (Å²) in [6, 6.07) is 16.5. The van der Waals surface area contributed by atoms with Crippen LogP contribution in [0.15, 0.2) is 76.9 Å². The van der Waals surface area contributed by atoms with Gasteiger partial charge in [-0.25, -0.2) is 0 Å². The van der Waals surface area contributed by atoms with Crippen LogP contribution in [0.25, 0.3) is 5.76 Å². The molecule has 170 valence electrons. The quantitative estimate of drug-likeness (QED) is 0.321. The smallest absolute Gasteiger partial charge is 0.296 e. The number of Topliss-reactive ketones (excluding diaryl/α,β-unsaturated/α-hetero) is 1. The number of aliphatic hydroxyl groups excluding tert-OH is 1. The van der Waals surface area contributed by atoms with E-state index in [1.165, 1.54) is 11.2 Å². The van der Waals surface area contributed by atoms with Gasteiger partial charge in [-0.3, -0.25) is 9.59 Å². The van der Waals surface area contributed by atoms with Crippen LogP contribution in [0.4, 0.5) is 0 Å². The summed E-state index contributed by atoms with van der Waals surface area (Å²) >= 11 is 0. The molecular weight excluding hydrogens is 422 g/mol. The van der Waals surface area contributed by atoms with Crippen molar-refractivity contribution < 1.29 is 28.6 Å². The van der Waals surface area contributed by atoms with Crippen LogP contribution < -0.4 is 9.47 Å². The van der Waals surface area contributed by atoms with Gasteiger partial charge >= 0.3 is 0 Å². The van der Waals surface area contributed by atoms with Crippen molar-refractivity contribution in [2.24, 2.45) is 0 Å². The summed E-state index contributed by atoms with van der Waals surface area (Å²) in [5, 5.41) is 11.1. The molecule has 1 unspecified atom stereocenters. The maximum Gasteiger partial charge on any atom is 0.296 e. The minimum absolute atomic E-state index is 0.00494. The van der Waals surface area contributed by atoms with Crippen LogP contribution in [0.5, 0.6) is 11.5 Å². The summed E-state index contributed by atoms with van der Waals surface area (Å²) in [4.78, 5) is 27.5. The van der Waals surface area contributed by atoms with Crippen LogP contribution in [0.3, 0.4) is 0 Å². The summed E-state index contributed by atoms with van der Waals surface area (Å²) in [5.74, 6) is -0.0674. The minimum atomic E-state index is -0.863. The molecule has 2 heterocycles. The van der Waals surface area contributed by atoms with Crippen molar-refractivity contribution in [3.63, 3.8) is 0 Å². The second kappa shape index (κ2) is 9.24. The molecule has 1 atom stereocenters. The molecule has 1 fully saturated rings. The van der Waals surface area contributed by atoms with E-state index in [1.807, 2.05) is 26.0 Å². The second-order valence-corrected chi connectivity index (χ2v) is 7.98. The van der Waals surface area contributed by atoms with Crippen molar-refractivity contribution in [3.8, 4) is 11.5 Å². The van der Waals surface area contributed by atoms with Crippen molar-refractivity contribution in [3.05, 3.63) is 89.4 Å². The van der Waals surface area contributed by atoms with E-state index >= 15 is 0 Å². The van der Waals surface area contributed by atoms with Gasteiger partial charge in [0.05, 0.1) is 25.1 Å². The number of hydrogen-bond acceptors (Lipinski definition) is 6. The number of nitrogens with zero attached hydrogens (tertiary/aromatic N) is 1. The third-order valence-electron chi connectivity index (χ3n) is 5.34. The Morgan fingerprint density at radius 3 is 2.45 bits per heavy atom. The van der Waals surface area contributed by atoms with Crippen molar-refractivity contribution in [2.75, 3.05) is 7.11 Å². The number of ether oxygens (including phenoxy) is 2. The van der Waals surface area contributed by atoms with E-state index in [0.717, 1.165) is 5.56 Å². The predicted molar refractivity (Wildman–Crippen MR) is 122 cm³/mol. The number of methoxy groups -OCH3 is 1. The lowest BCUT2D eigenvalue weighted by atomic mass is 9.99. The standard InChI is InChI=1S/C26H25NO6/c1-16(2)33-19-11-9-18(10-12-19)24(28)22-23(21-8-5-13-32-21)27(26(30)25(22)29)15-17-6-4-7-20(14-17)31-3/h4-14,16,23,28H,15H2,1-3H3/b24-22-. The Labute approximate surface area is 191 Å². The number of carbonyl (C=O) groups is 2. The molecule has 7 heteroatoms. The zero-order valence-corrected chi connectivity index (χ0v) is 18.6. The lowest BCUT2D eigenvalue weighted by Crippen LogP contribution is -2.29. The van der Waals surface area contributed by atoms with Gasteiger partial charge in [0.25, 0.3) is 11.7 Å². The molecule has 0 spiro atoms. The highest BCUT2D eigenvalue weighted by molar-refractivity contribution is 6.46. The van der Waals surface area contributed by atoms with E-state index in [4.69, 9.17) is 13.9 Å². The van der Waals surface area contributed by atoms with Gasteiger partial charge < -0.3 is 23.9 Å². The molecule has 7 nitrogen and oxygen atoms in total. The Kier molecular flexibility index (Phi) is 6.22. The largest absolute Gasteiger partial charge is 0.507 e. The molecule has 3 aromatic rings. The van der Waals surface area contributed by atoms with Crippen molar-refractivity contribution in [2.45, 2.75) is 32.5 Å². The highest BCUT2D eigenvalue weighted by Crippen LogP contribution is 2.40. The molecule has 2 aromatic carbocycles. The molecule has 1 N–H and O–H groups in total. The van der Waals surface area contributed by atoms with Crippen molar-refractivity contribution in [1.82, 2.24) is 4.90 Å². The van der Waals surface area contributed by atoms with E-state index in [1.54, 1.807) is 55.6 Å². The molecule has 33 heavy (non-hydrogen) atoms. The third kappa shape index (κ3) is 4.48. The fraction of sp³-hybridized carbons (Fsp3) is 0.231. The summed E-state index contributed by atoms with van der Waals surface area (Å²) in [7, 11) is 1.56. The zero-order chi connectivity index (χ0) is 23.5. The number of likely N-dealkylation sites (tertiary alicyclic amines) is 1. The summed E-state index contributed by atoms with van der Waals surface area (Å²) < 4.78 is 16.5. The maximum atomic E-state index is 13.1. The molecule has 1 aromatic heterocycles. The number of benzene rings is 2. The van der Waals surface area contributed by atoms with E-state index in [0.29, 0.717) is 22.8 Å². The highest BCUT2D eigenvalue weighted by Gasteiger charge is 2.47. The SMILES string of the molecule is COc1cccc(CN2C(=O)C(=O)/C(=C(\O)c3ccc(OC(C)C)cc3)C2c2ccco2)c1. The number of rotatable bonds is 7. The molecule has 0 radical (unpaired) electrons. The molecule has 0 saturated carbocycles. The number of furan rings is 1. The molecular formula is C26H25NO6. The molecule has 4 rings (SSSR count). The van der Waals surface area contributed by atoms with E-state index in [2.05, 4.69) is 0 Å². The predicted octanol–water partition coefficient (Wildman–Crippen LogP) is 4.70. The Hall–Kier alpha value is -4.00. The number of amides is 1. The first kappa shape index (κ1) is 22.2. The minimum Gasteiger partial charge on any atom is -0.507 e. The van der Waals surface area contributed by atoms with Crippen LogP contribution in [0.1, 0.15) is 36.8 Å². The molecule has 1 amide bonds. The number of hydrogen-bond donors (Lipinski definition) is 1. The first-order chi connectivity index (χ1) is 15.9. The molecule has 1 aliphatic heterocycles. The zero-order valence-electron chi connectivity index (χ0n) is 18.6. The Morgan fingerprint density at radius 2 is 1.82 bits per heavy atom. The third-order valence-corrected chi connectivity index (χ3v) is 5.34. The second-order valence-electron chi connectivity index (χ2n) is 7.98. The Balaban J connectivity index is 1.75. The van der Waals surface area contributed by atoms with Gasteiger partial charge in [0, 0.05) is 12.1 Å². The first-order valence-electron chi connectivity index (χ1n) is 10.6. The van der Waals surface area contributed by atoms with Gasteiger partial charge in [0.15, 0.2) is 0 Å². The summed E-state index contributed by atoms with van der Waals surface area (Å²) in [5.41, 5.74) is 1.17. The van der Waals surface area contributed by atoms with Gasteiger partial charge in [-0.1, -0.05) is 12.1 Å². The fourth-order valence-electron chi connectivity index (χ4n) is 3.87. The van der Waals surface area contributed by atoms with E-state index < -0.39 is 17.7 Å². The molecule has 0 aliphatic carbocycles. The van der Waals surface area contributed by atoms with Crippen LogP contribution in [-0.2, 0) is 16.1 Å². The Morgan fingerprint density at radius 1 is 1.06 bits per heavy atom. The fourth-order valence-corrected chi connectivity index (χ4v) is 3.87. The van der Waals surface area contributed by atoms with Crippen LogP contribution >= 0.6 is 0 Å². The van der Waals surface area contributed by atoms with Gasteiger partial charge in [-0.05, 0) is 67.9 Å². The Bertz CT molecular complexity index is 1180. The lowest BCUT2D eigenvalue weighted by Gasteiger charge is -2.23. The first-order valence-corrected chi connectivity index (χ1v) is 10.6. The van der Waals surface area contributed by atoms with Gasteiger partial charge in [0.1, 0.15) is 29.1 Å². The summed E-state index contributed by atoms with van der Waals surface area (Å²) in [6.07, 6.45) is 1.48. The van der Waals surface area contributed by atoms with Crippen molar-refractivity contribution in [1.29, 1.82) is 0 Å². The molecule has 0 bridgehead atoms. The van der Waals surface area contributed by atoms with Crippen LogP contribution in [0.2, 0.25) is 0 Å². The average Bonchev–Trinajstić information content (AvgIpc) is 3.42. The molecule has 1 aliphatic rings. The normalized spacial score (nSPS) is 17.6. The van der Waals surface area contributed by atoms with Gasteiger partial charge in [-0.15, -0.1) is 0 Å². The highest BCUT2D eigenvalue weighted by atomic mass is 16.5. The summed E-state index contributed by atoms with van der Waals surface area (Å²) in [6.45, 7) is 3.98. The maximum absolute atomic E-state index is 13.1. The van der Waals surface area contributed by atoms with E-state index in [-0.39, 0.29) is 24.0 Å². The topological polar surface area (TPSA) is 89.2 Å². The van der Waals surface area contributed by atoms with E-state index in [9.17, 15) is 14.7 Å². The molecule has 1 saturated heterocycles.